The standard InChI is InChI=1S/C18H24N2O6S/c1-3-26-18(23)10-9-16(21)19-11-4-12-20(19)17(22)13-14-5-7-15(8-6-14)27(2,24)25/h5-8H,3-4,9-13H2,1-2H3. The highest BCUT2D eigenvalue weighted by Crippen LogP contribution is 2.16. The van der Waals surface area contributed by atoms with E-state index < -0.39 is 15.8 Å². The van der Waals surface area contributed by atoms with Crippen molar-refractivity contribution in [3.05, 3.63) is 29.8 Å². The first-order valence-electron chi connectivity index (χ1n) is 8.77. The number of carbonyl (C=O) groups excluding carboxylic acids is 3. The first kappa shape index (κ1) is 20.9. The summed E-state index contributed by atoms with van der Waals surface area (Å²) < 4.78 is 27.8. The number of esters is 1. The van der Waals surface area contributed by atoms with Gasteiger partial charge in [0.2, 0.25) is 11.8 Å². The number of hydrazine groups is 1. The van der Waals surface area contributed by atoms with Gasteiger partial charge < -0.3 is 4.74 Å². The fourth-order valence-electron chi connectivity index (χ4n) is 2.82. The fourth-order valence-corrected chi connectivity index (χ4v) is 3.45. The predicted octanol–water partition coefficient (Wildman–Crippen LogP) is 0.952. The van der Waals surface area contributed by atoms with Crippen LogP contribution in [0.15, 0.2) is 29.2 Å². The van der Waals surface area contributed by atoms with Crippen LogP contribution >= 0.6 is 0 Å². The lowest BCUT2D eigenvalue weighted by molar-refractivity contribution is -0.158. The first-order chi connectivity index (χ1) is 12.7. The molecule has 0 aliphatic carbocycles. The molecular formula is C18H24N2O6S. The first-order valence-corrected chi connectivity index (χ1v) is 10.7. The number of ether oxygens (including phenoxy) is 1. The number of carbonyl (C=O) groups is 3. The molecule has 1 heterocycles. The number of rotatable bonds is 7. The lowest BCUT2D eigenvalue weighted by Crippen LogP contribution is -2.45. The van der Waals surface area contributed by atoms with Gasteiger partial charge in [0, 0.05) is 25.8 Å². The molecule has 9 heteroatoms. The van der Waals surface area contributed by atoms with Crippen molar-refractivity contribution in [2.75, 3.05) is 26.0 Å². The maximum absolute atomic E-state index is 12.6. The van der Waals surface area contributed by atoms with E-state index in [1.807, 2.05) is 0 Å². The lowest BCUT2D eigenvalue weighted by Gasteiger charge is -2.28. The molecule has 0 bridgehead atoms. The van der Waals surface area contributed by atoms with Gasteiger partial charge in [0.25, 0.3) is 0 Å². The van der Waals surface area contributed by atoms with Gasteiger partial charge in [-0.05, 0) is 31.0 Å². The predicted molar refractivity (Wildman–Crippen MR) is 97.2 cm³/mol. The molecule has 1 fully saturated rings. The van der Waals surface area contributed by atoms with Crippen LogP contribution in [-0.2, 0) is 35.4 Å². The molecule has 2 amide bonds. The molecule has 148 valence electrons. The van der Waals surface area contributed by atoms with Crippen molar-refractivity contribution >= 4 is 27.6 Å². The zero-order valence-electron chi connectivity index (χ0n) is 15.5. The minimum atomic E-state index is -3.29. The summed E-state index contributed by atoms with van der Waals surface area (Å²) in [7, 11) is -3.29. The van der Waals surface area contributed by atoms with E-state index in [1.54, 1.807) is 19.1 Å². The van der Waals surface area contributed by atoms with Crippen LogP contribution in [0.5, 0.6) is 0 Å². The van der Waals surface area contributed by atoms with Gasteiger partial charge in [-0.3, -0.25) is 24.4 Å². The molecule has 0 aromatic heterocycles. The largest absolute Gasteiger partial charge is 0.466 e. The minimum Gasteiger partial charge on any atom is -0.466 e. The van der Waals surface area contributed by atoms with Crippen LogP contribution < -0.4 is 0 Å². The second-order valence-corrected chi connectivity index (χ2v) is 8.30. The maximum atomic E-state index is 12.6. The normalized spacial score (nSPS) is 14.3. The third-order valence-electron chi connectivity index (χ3n) is 4.16. The third-order valence-corrected chi connectivity index (χ3v) is 5.29. The van der Waals surface area contributed by atoms with Crippen LogP contribution in [0.3, 0.4) is 0 Å². The lowest BCUT2D eigenvalue weighted by atomic mass is 10.1. The maximum Gasteiger partial charge on any atom is 0.306 e. The highest BCUT2D eigenvalue weighted by atomic mass is 32.2. The number of hydrogen-bond donors (Lipinski definition) is 0. The Bertz CT molecular complexity index is 804. The highest BCUT2D eigenvalue weighted by molar-refractivity contribution is 7.90. The zero-order valence-corrected chi connectivity index (χ0v) is 16.3. The van der Waals surface area contributed by atoms with Crippen molar-refractivity contribution < 1.29 is 27.5 Å². The van der Waals surface area contributed by atoms with Crippen molar-refractivity contribution in [2.45, 2.75) is 37.5 Å². The summed E-state index contributed by atoms with van der Waals surface area (Å²) in [4.78, 5) is 36.5. The minimum absolute atomic E-state index is 0.00826. The van der Waals surface area contributed by atoms with Crippen LogP contribution in [0, 0.1) is 0 Å². The van der Waals surface area contributed by atoms with E-state index >= 15 is 0 Å². The molecule has 0 radical (unpaired) electrons. The Morgan fingerprint density at radius 3 is 2.15 bits per heavy atom. The van der Waals surface area contributed by atoms with Crippen LogP contribution in [0.4, 0.5) is 0 Å². The molecule has 1 aromatic rings. The highest BCUT2D eigenvalue weighted by Gasteiger charge is 2.30. The van der Waals surface area contributed by atoms with Crippen LogP contribution in [0.2, 0.25) is 0 Å². The molecular weight excluding hydrogens is 372 g/mol. The Hall–Kier alpha value is -2.42. The monoisotopic (exact) mass is 396 g/mol. The topological polar surface area (TPSA) is 101 Å². The summed E-state index contributed by atoms with van der Waals surface area (Å²) >= 11 is 0. The van der Waals surface area contributed by atoms with Crippen molar-refractivity contribution in [1.82, 2.24) is 10.0 Å². The Morgan fingerprint density at radius 2 is 1.59 bits per heavy atom. The molecule has 1 aliphatic rings. The summed E-state index contributed by atoms with van der Waals surface area (Å²) in [6.07, 6.45) is 1.83. The second kappa shape index (κ2) is 8.98. The average Bonchev–Trinajstić information content (AvgIpc) is 3.09. The van der Waals surface area contributed by atoms with E-state index in [1.165, 1.54) is 22.2 Å². The van der Waals surface area contributed by atoms with Gasteiger partial charge in [-0.1, -0.05) is 12.1 Å². The Morgan fingerprint density at radius 1 is 1.00 bits per heavy atom. The molecule has 0 N–H and O–H groups in total. The molecule has 1 aromatic carbocycles. The SMILES string of the molecule is CCOC(=O)CCC(=O)N1CCCN1C(=O)Cc1ccc(S(C)(=O)=O)cc1. The van der Waals surface area contributed by atoms with Gasteiger partial charge in [-0.25, -0.2) is 8.42 Å². The van der Waals surface area contributed by atoms with Crippen molar-refractivity contribution in [3.8, 4) is 0 Å². The molecule has 0 atom stereocenters. The summed E-state index contributed by atoms with van der Waals surface area (Å²) in [5.74, 6) is -0.973. The third kappa shape index (κ3) is 5.78. The van der Waals surface area contributed by atoms with Crippen molar-refractivity contribution in [2.24, 2.45) is 0 Å². The van der Waals surface area contributed by atoms with E-state index in [0.717, 1.165) is 6.26 Å². The smallest absolute Gasteiger partial charge is 0.306 e. The molecule has 27 heavy (non-hydrogen) atoms. The van der Waals surface area contributed by atoms with E-state index in [9.17, 15) is 22.8 Å². The summed E-state index contributed by atoms with van der Waals surface area (Å²) in [6, 6.07) is 6.11. The molecule has 1 saturated heterocycles. The van der Waals surface area contributed by atoms with Gasteiger partial charge >= 0.3 is 5.97 Å². The van der Waals surface area contributed by atoms with Gasteiger partial charge in [-0.15, -0.1) is 0 Å². The Balaban J connectivity index is 1.96. The quantitative estimate of drug-likeness (QED) is 0.636. The zero-order chi connectivity index (χ0) is 20.0. The number of amides is 2. The summed E-state index contributed by atoms with van der Waals surface area (Å²) in [5, 5.41) is 2.78. The Labute approximate surface area is 159 Å². The number of hydrogen-bond acceptors (Lipinski definition) is 6. The average molecular weight is 396 g/mol. The molecule has 0 unspecified atom stereocenters. The van der Waals surface area contributed by atoms with Gasteiger partial charge in [0.1, 0.15) is 0 Å². The molecule has 1 aliphatic heterocycles. The number of benzene rings is 1. The number of sulfone groups is 1. The fraction of sp³-hybridized carbons (Fsp3) is 0.500. The van der Waals surface area contributed by atoms with E-state index in [0.29, 0.717) is 25.1 Å². The van der Waals surface area contributed by atoms with Gasteiger partial charge in [0.15, 0.2) is 9.84 Å². The van der Waals surface area contributed by atoms with Crippen molar-refractivity contribution in [3.63, 3.8) is 0 Å². The van der Waals surface area contributed by atoms with Crippen molar-refractivity contribution in [1.29, 1.82) is 0 Å². The summed E-state index contributed by atoms with van der Waals surface area (Å²) in [6.45, 7) is 2.83. The number of nitrogens with zero attached hydrogens (tertiary/aromatic N) is 2. The molecule has 8 nitrogen and oxygen atoms in total. The Kier molecular flexibility index (Phi) is 6.95. The van der Waals surface area contributed by atoms with Crippen LogP contribution in [0.25, 0.3) is 0 Å². The van der Waals surface area contributed by atoms with Crippen LogP contribution in [-0.4, -0.2) is 62.2 Å². The second-order valence-electron chi connectivity index (χ2n) is 6.29. The van der Waals surface area contributed by atoms with E-state index in [4.69, 9.17) is 4.74 Å². The molecule has 2 rings (SSSR count). The molecule has 0 spiro atoms. The van der Waals surface area contributed by atoms with E-state index in [2.05, 4.69) is 0 Å². The van der Waals surface area contributed by atoms with Crippen LogP contribution in [0.1, 0.15) is 31.7 Å². The van der Waals surface area contributed by atoms with Gasteiger partial charge in [0.05, 0.1) is 24.3 Å². The molecule has 0 saturated carbocycles. The van der Waals surface area contributed by atoms with Gasteiger partial charge in [-0.2, -0.15) is 0 Å². The summed E-state index contributed by atoms with van der Waals surface area (Å²) in [5.41, 5.74) is 0.665. The van der Waals surface area contributed by atoms with E-state index in [-0.39, 0.29) is 42.6 Å².